The predicted molar refractivity (Wildman–Crippen MR) is 123 cm³/mol. The number of aromatic nitrogens is 3. The van der Waals surface area contributed by atoms with Crippen LogP contribution < -0.4 is 10.9 Å². The molecule has 0 aliphatic heterocycles. The fraction of sp³-hybridized carbons (Fsp3) is 0.318. The Morgan fingerprint density at radius 3 is 2.67 bits per heavy atom. The molecule has 0 spiro atoms. The van der Waals surface area contributed by atoms with Gasteiger partial charge in [0.25, 0.3) is 5.56 Å². The number of hydrogen-bond acceptors (Lipinski definition) is 10. The number of hydrogen-bond donors (Lipinski definition) is 1. The van der Waals surface area contributed by atoms with Crippen molar-refractivity contribution in [2.24, 2.45) is 0 Å². The Bertz CT molecular complexity index is 1190. The van der Waals surface area contributed by atoms with E-state index < -0.39 is 24.5 Å². The van der Waals surface area contributed by atoms with Crippen LogP contribution in [0, 0.1) is 6.92 Å². The van der Waals surface area contributed by atoms with E-state index in [2.05, 4.69) is 15.4 Å². The first-order valence-electron chi connectivity index (χ1n) is 10.2. The Labute approximate surface area is 194 Å². The van der Waals surface area contributed by atoms with Crippen LogP contribution in [0.4, 0.5) is 16.2 Å². The van der Waals surface area contributed by atoms with E-state index in [1.807, 2.05) is 18.4 Å². The van der Waals surface area contributed by atoms with Crippen molar-refractivity contribution in [2.75, 3.05) is 12.1 Å². The molecule has 0 unspecified atom stereocenters. The van der Waals surface area contributed by atoms with Crippen molar-refractivity contribution in [3.8, 4) is 10.6 Å². The number of carbonyl (C=O) groups is 2. The summed E-state index contributed by atoms with van der Waals surface area (Å²) in [5, 5.41) is 9.25. The number of esters is 1. The molecule has 0 amide bonds. The predicted octanol–water partition coefficient (Wildman–Crippen LogP) is 4.11. The van der Waals surface area contributed by atoms with Gasteiger partial charge in [-0.2, -0.15) is 5.10 Å². The molecule has 0 aromatic carbocycles. The van der Waals surface area contributed by atoms with Crippen LogP contribution in [0.25, 0.3) is 10.6 Å². The Kier molecular flexibility index (Phi) is 7.78. The van der Waals surface area contributed by atoms with Gasteiger partial charge in [0.1, 0.15) is 16.9 Å². The Balaban J connectivity index is 2.04. The zero-order valence-electron chi connectivity index (χ0n) is 18.7. The molecule has 33 heavy (non-hydrogen) atoms. The van der Waals surface area contributed by atoms with Crippen LogP contribution >= 0.6 is 11.3 Å². The van der Waals surface area contributed by atoms with Gasteiger partial charge in [-0.05, 0) is 50.8 Å². The summed E-state index contributed by atoms with van der Waals surface area (Å²) in [7, 11) is 0. The van der Waals surface area contributed by atoms with Gasteiger partial charge in [-0.25, -0.2) is 14.3 Å². The first kappa shape index (κ1) is 23.9. The largest absolute Gasteiger partial charge is 0.511 e. The molecule has 0 fully saturated rings. The van der Waals surface area contributed by atoms with Gasteiger partial charge >= 0.3 is 12.1 Å². The maximum Gasteiger partial charge on any atom is 0.511 e. The fourth-order valence-corrected chi connectivity index (χ4v) is 3.56. The van der Waals surface area contributed by atoms with E-state index in [9.17, 15) is 14.4 Å². The zero-order chi connectivity index (χ0) is 24.0. The van der Waals surface area contributed by atoms with Gasteiger partial charge in [-0.15, -0.1) is 11.3 Å². The standard InChI is InChI=1S/C22H24N4O6S/c1-5-26-20(27)19(24-15-11-23-9-8-14(15)4)17(18(25-26)16-7-6-10-33-16)21(28)30-12-31-22(29)32-13(2)3/h6-11,13,24H,5,12H2,1-4H3. The monoisotopic (exact) mass is 472 g/mol. The average Bonchev–Trinajstić information content (AvgIpc) is 3.30. The molecule has 3 rings (SSSR count). The number of ether oxygens (including phenoxy) is 3. The van der Waals surface area contributed by atoms with Gasteiger partial charge < -0.3 is 19.5 Å². The van der Waals surface area contributed by atoms with E-state index in [0.29, 0.717) is 10.6 Å². The van der Waals surface area contributed by atoms with Gasteiger partial charge in [-0.3, -0.25) is 9.78 Å². The van der Waals surface area contributed by atoms with Gasteiger partial charge in [0.2, 0.25) is 6.79 Å². The molecule has 10 nitrogen and oxygen atoms in total. The van der Waals surface area contributed by atoms with Crippen molar-refractivity contribution in [1.82, 2.24) is 14.8 Å². The van der Waals surface area contributed by atoms with Crippen molar-refractivity contribution in [3.63, 3.8) is 0 Å². The lowest BCUT2D eigenvalue weighted by molar-refractivity contribution is -0.0344. The smallest absolute Gasteiger partial charge is 0.431 e. The third-order valence-corrected chi connectivity index (χ3v) is 5.29. The summed E-state index contributed by atoms with van der Waals surface area (Å²) in [6.07, 6.45) is 1.82. The molecular formula is C22H24N4O6S. The van der Waals surface area contributed by atoms with E-state index in [0.717, 1.165) is 5.56 Å². The SMILES string of the molecule is CCn1nc(-c2cccs2)c(C(=O)OCOC(=O)OC(C)C)c(Nc2cnccc2C)c1=O. The fourth-order valence-electron chi connectivity index (χ4n) is 2.84. The van der Waals surface area contributed by atoms with Crippen LogP contribution in [0.15, 0.2) is 40.8 Å². The van der Waals surface area contributed by atoms with Crippen LogP contribution in [0.1, 0.15) is 36.7 Å². The van der Waals surface area contributed by atoms with Crippen LogP contribution in [0.5, 0.6) is 0 Å². The molecule has 0 radical (unpaired) electrons. The molecule has 0 saturated carbocycles. The average molecular weight is 473 g/mol. The molecule has 0 saturated heterocycles. The van der Waals surface area contributed by atoms with Gasteiger partial charge in [-0.1, -0.05) is 6.07 Å². The molecule has 0 aliphatic rings. The minimum Gasteiger partial charge on any atom is -0.431 e. The summed E-state index contributed by atoms with van der Waals surface area (Å²) in [6, 6.07) is 5.36. The normalized spacial score (nSPS) is 10.7. The molecule has 174 valence electrons. The maximum atomic E-state index is 13.2. The lowest BCUT2D eigenvalue weighted by Crippen LogP contribution is -2.29. The summed E-state index contributed by atoms with van der Waals surface area (Å²) in [4.78, 5) is 42.6. The van der Waals surface area contributed by atoms with Crippen molar-refractivity contribution >= 4 is 34.8 Å². The number of rotatable bonds is 8. The number of aryl methyl sites for hydroxylation is 2. The third kappa shape index (κ3) is 5.75. The van der Waals surface area contributed by atoms with Crippen molar-refractivity contribution in [1.29, 1.82) is 0 Å². The molecule has 3 heterocycles. The van der Waals surface area contributed by atoms with E-state index in [4.69, 9.17) is 14.2 Å². The molecule has 0 bridgehead atoms. The van der Waals surface area contributed by atoms with E-state index in [-0.39, 0.29) is 29.6 Å². The molecule has 1 N–H and O–H groups in total. The van der Waals surface area contributed by atoms with Crippen LogP contribution in [0.3, 0.4) is 0 Å². The first-order chi connectivity index (χ1) is 15.8. The third-order valence-electron chi connectivity index (χ3n) is 4.41. The lowest BCUT2D eigenvalue weighted by Gasteiger charge is -2.17. The summed E-state index contributed by atoms with van der Waals surface area (Å²) in [6.45, 7) is 6.54. The highest BCUT2D eigenvalue weighted by Crippen LogP contribution is 2.31. The summed E-state index contributed by atoms with van der Waals surface area (Å²) < 4.78 is 16.1. The van der Waals surface area contributed by atoms with Crippen LogP contribution in [-0.4, -0.2) is 39.8 Å². The summed E-state index contributed by atoms with van der Waals surface area (Å²) >= 11 is 1.36. The van der Waals surface area contributed by atoms with Crippen molar-refractivity contribution in [2.45, 2.75) is 40.3 Å². The Morgan fingerprint density at radius 1 is 1.24 bits per heavy atom. The zero-order valence-corrected chi connectivity index (χ0v) is 19.5. The highest BCUT2D eigenvalue weighted by molar-refractivity contribution is 7.13. The number of pyridine rings is 1. The number of anilines is 2. The molecule has 0 atom stereocenters. The van der Waals surface area contributed by atoms with Crippen LogP contribution in [0.2, 0.25) is 0 Å². The Morgan fingerprint density at radius 2 is 2.03 bits per heavy atom. The topological polar surface area (TPSA) is 122 Å². The minimum atomic E-state index is -0.972. The highest BCUT2D eigenvalue weighted by atomic mass is 32.1. The molecule has 0 aliphatic carbocycles. The maximum absolute atomic E-state index is 13.2. The number of thiophene rings is 1. The second-order valence-corrected chi connectivity index (χ2v) is 8.07. The molecule has 3 aromatic rings. The first-order valence-corrected chi connectivity index (χ1v) is 11.1. The Hall–Kier alpha value is -3.73. The lowest BCUT2D eigenvalue weighted by atomic mass is 10.1. The van der Waals surface area contributed by atoms with Gasteiger partial charge in [0.15, 0.2) is 0 Å². The molecule has 3 aromatic heterocycles. The second-order valence-electron chi connectivity index (χ2n) is 7.12. The van der Waals surface area contributed by atoms with E-state index in [1.165, 1.54) is 16.0 Å². The molecule has 11 heteroatoms. The highest BCUT2D eigenvalue weighted by Gasteiger charge is 2.27. The second kappa shape index (κ2) is 10.7. The van der Waals surface area contributed by atoms with E-state index >= 15 is 0 Å². The minimum absolute atomic E-state index is 0.0129. The van der Waals surface area contributed by atoms with E-state index in [1.54, 1.807) is 45.3 Å². The number of carbonyl (C=O) groups excluding carboxylic acids is 2. The molecular weight excluding hydrogens is 448 g/mol. The number of nitrogens with one attached hydrogen (secondary N) is 1. The van der Waals surface area contributed by atoms with Crippen molar-refractivity contribution in [3.05, 3.63) is 57.5 Å². The van der Waals surface area contributed by atoms with Crippen LogP contribution in [-0.2, 0) is 20.8 Å². The summed E-state index contributed by atoms with van der Waals surface area (Å²) in [5.41, 5.74) is 1.04. The van der Waals surface area contributed by atoms with Crippen molar-refractivity contribution < 1.29 is 23.8 Å². The van der Waals surface area contributed by atoms with Gasteiger partial charge in [0.05, 0.1) is 22.9 Å². The quantitative estimate of drug-likeness (QED) is 0.381. The number of nitrogens with zero attached hydrogens (tertiary/aromatic N) is 3. The van der Waals surface area contributed by atoms with Gasteiger partial charge in [0, 0.05) is 12.7 Å². The summed E-state index contributed by atoms with van der Waals surface area (Å²) in [5.74, 6) is -0.882.